The Bertz CT molecular complexity index is 553. The summed E-state index contributed by atoms with van der Waals surface area (Å²) in [5, 5.41) is 17.6. The Morgan fingerprint density at radius 3 is 1.27 bits per heavy atom. The lowest BCUT2D eigenvalue weighted by Crippen LogP contribution is -2.54. The molecule has 0 aromatic heterocycles. The van der Waals surface area contributed by atoms with Crippen LogP contribution in [0.4, 0.5) is 0 Å². The van der Waals surface area contributed by atoms with E-state index in [0.29, 0.717) is 42.7 Å². The highest BCUT2D eigenvalue weighted by Crippen LogP contribution is 2.17. The van der Waals surface area contributed by atoms with Crippen LogP contribution in [0.5, 0.6) is 0 Å². The van der Waals surface area contributed by atoms with Crippen LogP contribution in [0, 0.1) is 0 Å². The Balaban J connectivity index is 0. The second-order valence-electron chi connectivity index (χ2n) is 13.5. The number of quaternary nitrogens is 1. The van der Waals surface area contributed by atoms with E-state index in [-0.39, 0.29) is 18.4 Å². The Labute approximate surface area is 254 Å². The summed E-state index contributed by atoms with van der Waals surface area (Å²) in [6, 6.07) is 0. The Hall–Kier alpha value is -0.360. The molecule has 9 unspecified atom stereocenters. The van der Waals surface area contributed by atoms with Gasteiger partial charge in [0, 0.05) is 13.1 Å². The van der Waals surface area contributed by atoms with Gasteiger partial charge in [0.05, 0.1) is 63.4 Å². The van der Waals surface area contributed by atoms with Crippen LogP contribution in [0.3, 0.4) is 0 Å². The van der Waals surface area contributed by atoms with Crippen LogP contribution in [0.1, 0.15) is 101 Å². The maximum Gasteiger partial charge on any atom is 0.105 e. The van der Waals surface area contributed by atoms with Crippen LogP contribution < -0.4 is 6.15 Å². The second kappa shape index (κ2) is 23.1. The summed E-state index contributed by atoms with van der Waals surface area (Å²) in [6.45, 7) is 23.8. The maximum absolute atomic E-state index is 8.78. The first kappa shape index (κ1) is 42.8. The molecule has 9 atom stereocenters. The first-order valence-corrected chi connectivity index (χ1v) is 15.9. The lowest BCUT2D eigenvalue weighted by atomic mass is 10.1. The average Bonchev–Trinajstić information content (AvgIpc) is 3.54. The van der Waals surface area contributed by atoms with Crippen molar-refractivity contribution < 1.29 is 33.6 Å². The summed E-state index contributed by atoms with van der Waals surface area (Å²) in [5.74, 6) is 0. The van der Waals surface area contributed by atoms with Crippen molar-refractivity contribution in [3.8, 4) is 0 Å². The van der Waals surface area contributed by atoms with Crippen molar-refractivity contribution in [2.75, 3.05) is 53.9 Å². The Morgan fingerprint density at radius 2 is 1.02 bits per heavy atom. The highest BCUT2D eigenvalue weighted by molar-refractivity contribution is 4.69. The molecule has 0 bridgehead atoms. The molecule has 5 N–H and O–H groups in total. The standard InChI is InChI=1S/C8H18NO.C7H15NO.C7H16O2.C7H14O.C3H6O.H3N/c1-7-5-9(3,4)6-8(2)10-7;1-6-4-8(3)5-7(2)9-6;1-6(8)4-3-5-7(2)9;1-6-4-3-5-7(2)8-6;1-3-2-4-3;/h7-8H,5-6H2,1-4H3;6-7H,4-5H2,1-3H3;6-9H,3-5H2,1-2H3;6-7H,3-5H2,1-2H3;3H,2H2,1H3;1H3/q+1;;;;;. The summed E-state index contributed by atoms with van der Waals surface area (Å²) in [6.07, 6.45) is 9.22. The van der Waals surface area contributed by atoms with Crippen molar-refractivity contribution in [2.45, 2.75) is 156 Å². The molecule has 4 heterocycles. The summed E-state index contributed by atoms with van der Waals surface area (Å²) in [5.41, 5.74) is 0. The van der Waals surface area contributed by atoms with Gasteiger partial charge >= 0.3 is 0 Å². The summed E-state index contributed by atoms with van der Waals surface area (Å²) in [4.78, 5) is 2.30. The number of rotatable bonds is 4. The molecule has 0 aliphatic carbocycles. The summed E-state index contributed by atoms with van der Waals surface area (Å²) >= 11 is 0. The van der Waals surface area contributed by atoms with E-state index in [1.165, 1.54) is 19.3 Å². The van der Waals surface area contributed by atoms with Gasteiger partial charge in [-0.15, -0.1) is 0 Å². The van der Waals surface area contributed by atoms with Crippen LogP contribution in [0.25, 0.3) is 0 Å². The average molecular weight is 595 g/mol. The molecule has 4 aliphatic rings. The molecular formula is C32H72N3O6+. The lowest BCUT2D eigenvalue weighted by Gasteiger charge is -2.39. The molecule has 4 saturated heterocycles. The van der Waals surface area contributed by atoms with E-state index in [1.807, 2.05) is 0 Å². The molecule has 250 valence electrons. The third-order valence-corrected chi connectivity index (χ3v) is 7.00. The van der Waals surface area contributed by atoms with Gasteiger partial charge < -0.3 is 44.7 Å². The zero-order valence-electron chi connectivity index (χ0n) is 29.1. The molecule has 0 aromatic carbocycles. The fourth-order valence-corrected chi connectivity index (χ4v) is 5.41. The fraction of sp³-hybridized carbons (Fsp3) is 1.00. The predicted molar refractivity (Wildman–Crippen MR) is 171 cm³/mol. The molecule has 4 rings (SSSR count). The van der Waals surface area contributed by atoms with Crippen molar-refractivity contribution in [3.63, 3.8) is 0 Å². The van der Waals surface area contributed by atoms with Gasteiger partial charge in [-0.1, -0.05) is 0 Å². The topological polar surface area (TPSA) is 119 Å². The third-order valence-electron chi connectivity index (χ3n) is 7.00. The van der Waals surface area contributed by atoms with Gasteiger partial charge in [-0.2, -0.15) is 0 Å². The molecule has 0 saturated carbocycles. The Morgan fingerprint density at radius 1 is 0.683 bits per heavy atom. The fourth-order valence-electron chi connectivity index (χ4n) is 5.41. The number of epoxide rings is 1. The normalized spacial score (nSPS) is 33.7. The monoisotopic (exact) mass is 595 g/mol. The van der Waals surface area contributed by atoms with Gasteiger partial charge in [-0.3, -0.25) is 0 Å². The number of hydrogen-bond donors (Lipinski definition) is 3. The SMILES string of the molecule is CC(O)CCCC(C)O.CC1CCCC(C)O1.CC1CN(C)CC(C)O1.CC1CO1.CC1C[N+](C)(C)CC(C)O1.N. The van der Waals surface area contributed by atoms with Gasteiger partial charge in [0.15, 0.2) is 0 Å². The molecule has 9 nitrogen and oxygen atoms in total. The minimum atomic E-state index is -0.219. The molecule has 0 aromatic rings. The van der Waals surface area contributed by atoms with Gasteiger partial charge in [0.1, 0.15) is 25.3 Å². The van der Waals surface area contributed by atoms with E-state index in [4.69, 9.17) is 29.2 Å². The number of morpholine rings is 2. The summed E-state index contributed by atoms with van der Waals surface area (Å²) < 4.78 is 22.4. The van der Waals surface area contributed by atoms with Crippen LogP contribution in [0.2, 0.25) is 0 Å². The van der Waals surface area contributed by atoms with Crippen LogP contribution >= 0.6 is 0 Å². The number of likely N-dealkylation sites (N-methyl/N-ethyl adjacent to an activating group) is 2. The van der Waals surface area contributed by atoms with Crippen LogP contribution in [-0.2, 0) is 18.9 Å². The highest BCUT2D eigenvalue weighted by Gasteiger charge is 2.29. The van der Waals surface area contributed by atoms with Crippen molar-refractivity contribution in [1.29, 1.82) is 0 Å². The number of ether oxygens (including phenoxy) is 4. The predicted octanol–water partition coefficient (Wildman–Crippen LogP) is 5.04. The molecular weight excluding hydrogens is 522 g/mol. The molecule has 9 heteroatoms. The zero-order chi connectivity index (χ0) is 30.9. The van der Waals surface area contributed by atoms with E-state index >= 15 is 0 Å². The number of hydrogen-bond acceptors (Lipinski definition) is 8. The minimum absolute atomic E-state index is 0. The molecule has 4 fully saturated rings. The van der Waals surface area contributed by atoms with Crippen LogP contribution in [0.15, 0.2) is 0 Å². The molecule has 0 spiro atoms. The van der Waals surface area contributed by atoms with Gasteiger partial charge in [0.25, 0.3) is 0 Å². The van der Waals surface area contributed by atoms with Crippen molar-refractivity contribution in [3.05, 3.63) is 0 Å². The smallest absolute Gasteiger partial charge is 0.105 e. The number of nitrogens with zero attached hydrogens (tertiary/aromatic N) is 2. The quantitative estimate of drug-likeness (QED) is 0.306. The lowest BCUT2D eigenvalue weighted by molar-refractivity contribution is -0.905. The molecule has 41 heavy (non-hydrogen) atoms. The third kappa shape index (κ3) is 28.2. The Kier molecular flexibility index (Phi) is 24.1. The van der Waals surface area contributed by atoms with E-state index in [0.717, 1.165) is 56.5 Å². The number of aliphatic hydroxyl groups is 2. The van der Waals surface area contributed by atoms with Crippen molar-refractivity contribution in [1.82, 2.24) is 11.1 Å². The number of aliphatic hydroxyl groups excluding tert-OH is 2. The van der Waals surface area contributed by atoms with Gasteiger partial charge in [-0.05, 0) is 108 Å². The minimum Gasteiger partial charge on any atom is -0.393 e. The maximum atomic E-state index is 8.78. The zero-order valence-corrected chi connectivity index (χ0v) is 29.1. The van der Waals surface area contributed by atoms with E-state index in [1.54, 1.807) is 13.8 Å². The van der Waals surface area contributed by atoms with E-state index in [2.05, 4.69) is 74.5 Å². The molecule has 0 amide bonds. The first-order chi connectivity index (χ1) is 18.5. The summed E-state index contributed by atoms with van der Waals surface area (Å²) in [7, 11) is 6.65. The van der Waals surface area contributed by atoms with Crippen molar-refractivity contribution >= 4 is 0 Å². The molecule has 0 radical (unpaired) electrons. The second-order valence-corrected chi connectivity index (χ2v) is 13.5. The van der Waals surface area contributed by atoms with Gasteiger partial charge in [0.2, 0.25) is 0 Å². The largest absolute Gasteiger partial charge is 0.393 e. The van der Waals surface area contributed by atoms with Crippen molar-refractivity contribution in [2.24, 2.45) is 0 Å². The molecule has 4 aliphatic heterocycles. The van der Waals surface area contributed by atoms with E-state index < -0.39 is 0 Å². The van der Waals surface area contributed by atoms with Gasteiger partial charge in [-0.25, -0.2) is 0 Å². The van der Waals surface area contributed by atoms with E-state index in [9.17, 15) is 0 Å². The highest BCUT2D eigenvalue weighted by atomic mass is 16.6. The van der Waals surface area contributed by atoms with Crippen LogP contribution in [-0.4, -0.2) is 128 Å². The first-order valence-electron chi connectivity index (χ1n) is 15.9.